The summed E-state index contributed by atoms with van der Waals surface area (Å²) in [5.74, 6) is -0.963. The molecule has 0 spiro atoms. The van der Waals surface area contributed by atoms with Crippen LogP contribution in [0.5, 0.6) is 0 Å². The summed E-state index contributed by atoms with van der Waals surface area (Å²) in [4.78, 5) is 30.4. The van der Waals surface area contributed by atoms with Gasteiger partial charge in [0.15, 0.2) is 0 Å². The van der Waals surface area contributed by atoms with Crippen molar-refractivity contribution in [2.24, 2.45) is 0 Å². The molecule has 3 aliphatic heterocycles. The van der Waals surface area contributed by atoms with Crippen molar-refractivity contribution >= 4 is 51.4 Å². The van der Waals surface area contributed by atoms with Crippen molar-refractivity contribution in [3.8, 4) is 0 Å². The summed E-state index contributed by atoms with van der Waals surface area (Å²) in [6.45, 7) is 8.44. The molecule has 2 aromatic rings. The molecule has 0 aliphatic carbocycles. The summed E-state index contributed by atoms with van der Waals surface area (Å²) in [5.41, 5.74) is 2.25. The molecule has 0 N–H and O–H groups in total. The molecule has 164 valence electrons. The lowest BCUT2D eigenvalue weighted by atomic mass is 9.65. The van der Waals surface area contributed by atoms with Gasteiger partial charge in [-0.2, -0.15) is 0 Å². The standard InChI is InChI=1S/C25H23FN2O2S2/c1-5-27-22(30)20(32-23(27)31)18-16-11-15(26)12-17-19(16)28(21(18)29)24(2,3)13-25(17,4)14-9-7-6-8-10-14/h6-12H,5,13H2,1-4H3/b20-18-. The molecule has 1 unspecified atom stereocenters. The summed E-state index contributed by atoms with van der Waals surface area (Å²) >= 11 is 6.50. The normalized spacial score (nSPS) is 26.2. The highest BCUT2D eigenvalue weighted by Gasteiger charge is 2.54. The van der Waals surface area contributed by atoms with E-state index in [4.69, 9.17) is 12.2 Å². The Morgan fingerprint density at radius 2 is 1.78 bits per heavy atom. The first kappa shape index (κ1) is 21.3. The Labute approximate surface area is 196 Å². The third-order valence-corrected chi connectivity index (χ3v) is 8.22. The van der Waals surface area contributed by atoms with Crippen LogP contribution in [0.2, 0.25) is 0 Å². The van der Waals surface area contributed by atoms with Crippen molar-refractivity contribution < 1.29 is 14.0 Å². The smallest absolute Gasteiger partial charge is 0.266 e. The quantitative estimate of drug-likeness (QED) is 0.448. The number of anilines is 1. The predicted octanol–water partition coefficient (Wildman–Crippen LogP) is 5.25. The zero-order valence-electron chi connectivity index (χ0n) is 18.4. The van der Waals surface area contributed by atoms with Gasteiger partial charge >= 0.3 is 0 Å². The van der Waals surface area contributed by atoms with Crippen LogP contribution in [0.1, 0.15) is 50.8 Å². The van der Waals surface area contributed by atoms with Crippen LogP contribution in [-0.2, 0) is 15.0 Å². The zero-order chi connectivity index (χ0) is 23.0. The average molecular weight is 467 g/mol. The maximum absolute atomic E-state index is 15.0. The lowest BCUT2D eigenvalue weighted by Crippen LogP contribution is -2.54. The summed E-state index contributed by atoms with van der Waals surface area (Å²) in [6.07, 6.45) is 0.620. The third-order valence-electron chi connectivity index (χ3n) is 6.77. The largest absolute Gasteiger partial charge is 0.302 e. The predicted molar refractivity (Wildman–Crippen MR) is 130 cm³/mol. The Kier molecular flexibility index (Phi) is 4.66. The van der Waals surface area contributed by atoms with Gasteiger partial charge in [0.1, 0.15) is 10.1 Å². The second-order valence-corrected chi connectivity index (χ2v) is 10.9. The van der Waals surface area contributed by atoms with Crippen LogP contribution in [0.3, 0.4) is 0 Å². The fourth-order valence-corrected chi connectivity index (χ4v) is 6.96. The van der Waals surface area contributed by atoms with Crippen molar-refractivity contribution in [3.63, 3.8) is 0 Å². The lowest BCUT2D eigenvalue weighted by Gasteiger charge is -2.49. The van der Waals surface area contributed by atoms with Crippen molar-refractivity contribution in [2.45, 2.75) is 45.1 Å². The molecule has 0 radical (unpaired) electrons. The van der Waals surface area contributed by atoms with Crippen LogP contribution < -0.4 is 4.90 Å². The lowest BCUT2D eigenvalue weighted by molar-refractivity contribution is -0.122. The van der Waals surface area contributed by atoms with Crippen LogP contribution in [0.15, 0.2) is 47.4 Å². The number of carbonyl (C=O) groups excluding carboxylic acids is 2. The second-order valence-electron chi connectivity index (χ2n) is 9.30. The molecule has 1 saturated heterocycles. The number of nitrogens with zero attached hydrogens (tertiary/aromatic N) is 2. The molecule has 0 bridgehead atoms. The van der Waals surface area contributed by atoms with E-state index in [0.29, 0.717) is 33.4 Å². The molecule has 32 heavy (non-hydrogen) atoms. The number of rotatable bonds is 2. The minimum atomic E-state index is -0.541. The van der Waals surface area contributed by atoms with E-state index in [2.05, 4.69) is 6.92 Å². The van der Waals surface area contributed by atoms with Gasteiger partial charge < -0.3 is 4.90 Å². The van der Waals surface area contributed by atoms with Gasteiger partial charge in [0.05, 0.1) is 16.2 Å². The molecule has 1 fully saturated rings. The van der Waals surface area contributed by atoms with Crippen molar-refractivity contribution in [2.75, 3.05) is 11.4 Å². The molecule has 5 rings (SSSR count). The molecule has 7 heteroatoms. The SMILES string of the molecule is CCN1C(=O)/C(=C2/C(=O)N3c4c2cc(F)cc4C(C)(c2ccccc2)CC3(C)C)SC1=S. The highest BCUT2D eigenvalue weighted by molar-refractivity contribution is 8.26. The Bertz CT molecular complexity index is 1240. The van der Waals surface area contributed by atoms with E-state index in [-0.39, 0.29) is 17.4 Å². The fraction of sp³-hybridized carbons (Fsp3) is 0.320. The van der Waals surface area contributed by atoms with Crippen molar-refractivity contribution in [1.29, 1.82) is 0 Å². The van der Waals surface area contributed by atoms with Gasteiger partial charge in [0.25, 0.3) is 11.8 Å². The first-order valence-electron chi connectivity index (χ1n) is 10.6. The zero-order valence-corrected chi connectivity index (χ0v) is 20.0. The topological polar surface area (TPSA) is 40.6 Å². The Hall–Kier alpha value is -2.51. The summed E-state index contributed by atoms with van der Waals surface area (Å²) < 4.78 is 15.5. The fourth-order valence-electron chi connectivity index (χ4n) is 5.50. The maximum Gasteiger partial charge on any atom is 0.266 e. The third kappa shape index (κ3) is 2.77. The van der Waals surface area contributed by atoms with Gasteiger partial charge in [-0.25, -0.2) is 4.39 Å². The van der Waals surface area contributed by atoms with Crippen molar-refractivity contribution in [3.05, 3.63) is 69.9 Å². The van der Waals surface area contributed by atoms with E-state index in [1.54, 1.807) is 11.0 Å². The number of halogens is 1. The molecule has 0 aromatic heterocycles. The number of thiocarbonyl (C=S) groups is 1. The number of hydrogen-bond donors (Lipinski definition) is 0. The maximum atomic E-state index is 15.0. The first-order valence-corrected chi connectivity index (χ1v) is 11.8. The number of likely N-dealkylation sites (N-methyl/N-ethyl adjacent to an activating group) is 1. The highest BCUT2D eigenvalue weighted by Crippen LogP contribution is 2.57. The van der Waals surface area contributed by atoms with E-state index < -0.39 is 16.8 Å². The highest BCUT2D eigenvalue weighted by atomic mass is 32.2. The van der Waals surface area contributed by atoms with Gasteiger partial charge in [0, 0.05) is 23.1 Å². The Morgan fingerprint density at radius 1 is 1.09 bits per heavy atom. The number of benzene rings is 2. The molecule has 3 aliphatic rings. The molecule has 3 heterocycles. The van der Waals surface area contributed by atoms with E-state index in [1.165, 1.54) is 11.0 Å². The molecule has 4 nitrogen and oxygen atoms in total. The summed E-state index contributed by atoms with van der Waals surface area (Å²) in [5, 5.41) is 0. The van der Waals surface area contributed by atoms with Gasteiger partial charge in [0.2, 0.25) is 0 Å². The van der Waals surface area contributed by atoms with Crippen LogP contribution >= 0.6 is 24.0 Å². The van der Waals surface area contributed by atoms with Crippen molar-refractivity contribution in [1.82, 2.24) is 4.90 Å². The van der Waals surface area contributed by atoms with Gasteiger partial charge in [-0.05, 0) is 50.5 Å². The number of hydrogen-bond acceptors (Lipinski definition) is 4. The Morgan fingerprint density at radius 3 is 2.41 bits per heavy atom. The molecule has 1 atom stereocenters. The van der Waals surface area contributed by atoms with Gasteiger partial charge in [-0.15, -0.1) is 0 Å². The number of thioether (sulfide) groups is 1. The van der Waals surface area contributed by atoms with E-state index in [9.17, 15) is 9.59 Å². The van der Waals surface area contributed by atoms with E-state index >= 15 is 4.39 Å². The van der Waals surface area contributed by atoms with Crippen LogP contribution in [0, 0.1) is 5.82 Å². The monoisotopic (exact) mass is 466 g/mol. The number of amides is 2. The van der Waals surface area contributed by atoms with Gasteiger partial charge in [-0.3, -0.25) is 14.5 Å². The van der Waals surface area contributed by atoms with E-state index in [1.807, 2.05) is 51.1 Å². The minimum Gasteiger partial charge on any atom is -0.302 e. The Balaban J connectivity index is 1.83. The molecule has 2 amide bonds. The molecule has 0 saturated carbocycles. The first-order chi connectivity index (χ1) is 15.1. The average Bonchev–Trinajstić information content (AvgIpc) is 3.18. The van der Waals surface area contributed by atoms with Crippen LogP contribution in [0.25, 0.3) is 5.57 Å². The molecule has 2 aromatic carbocycles. The van der Waals surface area contributed by atoms with Gasteiger partial charge in [-0.1, -0.05) is 61.2 Å². The molecular formula is C25H23FN2O2S2. The minimum absolute atomic E-state index is 0.261. The van der Waals surface area contributed by atoms with Crippen LogP contribution in [-0.4, -0.2) is 33.1 Å². The number of carbonyl (C=O) groups is 2. The summed E-state index contributed by atoms with van der Waals surface area (Å²) in [6, 6.07) is 12.9. The van der Waals surface area contributed by atoms with E-state index in [0.717, 1.165) is 22.9 Å². The molecular weight excluding hydrogens is 443 g/mol. The summed E-state index contributed by atoms with van der Waals surface area (Å²) in [7, 11) is 0. The second kappa shape index (κ2) is 6.99. The van der Waals surface area contributed by atoms with Crippen LogP contribution in [0.4, 0.5) is 10.1 Å².